The molecule has 0 saturated heterocycles. The van der Waals surface area contributed by atoms with Gasteiger partial charge in [-0.05, 0) is 0 Å². The molecule has 0 amide bonds. The van der Waals surface area contributed by atoms with Crippen LogP contribution in [0.3, 0.4) is 0 Å². The summed E-state index contributed by atoms with van der Waals surface area (Å²) in [4.78, 5) is 0. The lowest BCUT2D eigenvalue weighted by atomic mass is 11.0. The molecule has 7 heavy (non-hydrogen) atoms. The van der Waals surface area contributed by atoms with Gasteiger partial charge in [-0.15, -0.1) is 0 Å². The Labute approximate surface area is 53.8 Å². The van der Waals surface area contributed by atoms with E-state index in [0.29, 0.717) is 15.6 Å². The molecule has 0 aliphatic heterocycles. The molecule has 0 aliphatic carbocycles. The molecule has 0 atom stereocenters. The van der Waals surface area contributed by atoms with Gasteiger partial charge in [0.25, 0.3) is 0 Å². The van der Waals surface area contributed by atoms with E-state index in [2.05, 4.69) is 20.0 Å². The lowest BCUT2D eigenvalue weighted by Gasteiger charge is -2.01. The number of hydrogen-bond acceptors (Lipinski definition) is 1. The van der Waals surface area contributed by atoms with Crippen LogP contribution >= 0.6 is 0 Å². The molecule has 1 nitrogen and oxygen atoms in total. The van der Waals surface area contributed by atoms with Crippen molar-refractivity contribution in [2.45, 2.75) is 25.3 Å². The monoisotopic (exact) mass is 131 g/mol. The maximum atomic E-state index is 5.41. The van der Waals surface area contributed by atoms with Crippen LogP contribution in [0.1, 0.15) is 6.92 Å². The molecule has 0 aromatic rings. The molecule has 1 radical (unpaired) electrons. The summed E-state index contributed by atoms with van der Waals surface area (Å²) in [6.45, 7) is 6.59. The van der Waals surface area contributed by atoms with Crippen LogP contribution in [-0.2, 0) is 3.48 Å². The molecule has 0 rings (SSSR count). The zero-order chi connectivity index (χ0) is 5.70. The van der Waals surface area contributed by atoms with E-state index in [4.69, 9.17) is 3.48 Å². The second-order valence-electron chi connectivity index (χ2n) is 1.76. The zero-order valence-corrected chi connectivity index (χ0v) is 7.58. The third-order valence-electron chi connectivity index (χ3n) is 0.535. The minimum Gasteiger partial charge on any atom is -0.554 e. The normalized spacial score (nSPS) is 9.71. The first-order valence-electron chi connectivity index (χ1n) is 2.74. The van der Waals surface area contributed by atoms with Crippen molar-refractivity contribution in [3.05, 3.63) is 0 Å². The van der Waals surface area contributed by atoms with Crippen molar-refractivity contribution in [3.8, 4) is 0 Å². The highest BCUT2D eigenvalue weighted by atomic mass is 28.3. The molecule has 0 saturated carbocycles. The Bertz CT molecular complexity index is 40.7. The number of rotatable bonds is 3. The van der Waals surface area contributed by atoms with E-state index in [1.165, 1.54) is 5.28 Å². The molecule has 41 valence electrons. The highest BCUT2D eigenvalue weighted by molar-refractivity contribution is 6.56. The van der Waals surface area contributed by atoms with Crippen molar-refractivity contribution in [1.29, 1.82) is 0 Å². The summed E-state index contributed by atoms with van der Waals surface area (Å²) in [7, 11) is -0.651. The topological polar surface area (TPSA) is 9.23 Å². The van der Waals surface area contributed by atoms with Crippen LogP contribution in [0.5, 0.6) is 0 Å². The molecule has 3 heteroatoms. The van der Waals surface area contributed by atoms with Crippen LogP contribution in [0.15, 0.2) is 0 Å². The highest BCUT2D eigenvalue weighted by Crippen LogP contribution is 1.82. The van der Waals surface area contributed by atoms with Crippen LogP contribution < -0.4 is 0 Å². The quantitative estimate of drug-likeness (QED) is 0.520. The third-order valence-corrected chi connectivity index (χ3v) is 3.82. The zero-order valence-electron chi connectivity index (χ0n) is 5.27. The summed E-state index contributed by atoms with van der Waals surface area (Å²) >= 11 is 0.346. The van der Waals surface area contributed by atoms with Gasteiger partial charge in [-0.1, -0.05) is 25.3 Å². The van der Waals surface area contributed by atoms with Crippen molar-refractivity contribution in [2.75, 3.05) is 0 Å². The van der Waals surface area contributed by atoms with Crippen LogP contribution in [0.4, 0.5) is 0 Å². The van der Waals surface area contributed by atoms with Gasteiger partial charge >= 0.3 is 15.6 Å². The van der Waals surface area contributed by atoms with Gasteiger partial charge in [0.1, 0.15) is 9.04 Å². The molecule has 0 aromatic carbocycles. The van der Waals surface area contributed by atoms with Crippen molar-refractivity contribution >= 4 is 24.6 Å². The molecule has 0 fully saturated rings. The van der Waals surface area contributed by atoms with Gasteiger partial charge in [0.2, 0.25) is 0 Å². The minimum atomic E-state index is -0.651. The van der Waals surface area contributed by atoms with E-state index < -0.39 is 9.04 Å². The fourth-order valence-electron chi connectivity index (χ4n) is 0.289. The van der Waals surface area contributed by atoms with E-state index in [-0.39, 0.29) is 0 Å². The summed E-state index contributed by atoms with van der Waals surface area (Å²) in [5.41, 5.74) is 0. The standard InChI is InChI=1S/C2H7OSi.C2H5.Al/c1-4(2)3;1-2;/h4H,1-2H3;1H2,2H3;/q-1;;+1. The Morgan fingerprint density at radius 1 is 1.57 bits per heavy atom. The maximum Gasteiger partial charge on any atom is 0.411 e. The Morgan fingerprint density at radius 2 is 2.14 bits per heavy atom. The van der Waals surface area contributed by atoms with Crippen LogP contribution in [0.2, 0.25) is 18.4 Å². The van der Waals surface area contributed by atoms with Gasteiger partial charge in [-0.25, -0.2) is 0 Å². The molecule has 0 aromatic heterocycles. The molecule has 0 N–H and O–H groups in total. The van der Waals surface area contributed by atoms with Gasteiger partial charge in [0.15, 0.2) is 0 Å². The summed E-state index contributed by atoms with van der Waals surface area (Å²) in [5.74, 6) is 0. The highest BCUT2D eigenvalue weighted by Gasteiger charge is 1.93. The largest absolute Gasteiger partial charge is 0.554 e. The minimum absolute atomic E-state index is 0.346. The lowest BCUT2D eigenvalue weighted by molar-refractivity contribution is 0.622. The second kappa shape index (κ2) is 4.86. The first kappa shape index (κ1) is 7.71. The van der Waals surface area contributed by atoms with Crippen molar-refractivity contribution in [1.82, 2.24) is 0 Å². The Hall–Kier alpha value is 0.709. The first-order valence-corrected chi connectivity index (χ1v) is 6.81. The van der Waals surface area contributed by atoms with Gasteiger partial charge < -0.3 is 3.48 Å². The smallest absolute Gasteiger partial charge is 0.411 e. The summed E-state index contributed by atoms with van der Waals surface area (Å²) in [6, 6.07) is 0. The Balaban J connectivity index is 2.68. The van der Waals surface area contributed by atoms with Crippen LogP contribution in [0, 0.1) is 0 Å². The SMILES string of the molecule is C[CH2][Al][O][SiH](C)C. The van der Waals surface area contributed by atoms with Crippen molar-refractivity contribution in [2.24, 2.45) is 0 Å². The summed E-state index contributed by atoms with van der Waals surface area (Å²) < 4.78 is 5.41. The van der Waals surface area contributed by atoms with E-state index in [1.807, 2.05) is 0 Å². The number of hydrogen-bond donors (Lipinski definition) is 0. The maximum absolute atomic E-state index is 5.41. The van der Waals surface area contributed by atoms with E-state index in [9.17, 15) is 0 Å². The molecule has 0 bridgehead atoms. The average molecular weight is 131 g/mol. The van der Waals surface area contributed by atoms with E-state index in [0.717, 1.165) is 0 Å². The van der Waals surface area contributed by atoms with Crippen molar-refractivity contribution < 1.29 is 3.48 Å². The summed E-state index contributed by atoms with van der Waals surface area (Å²) in [5, 5.41) is 1.24. The lowest BCUT2D eigenvalue weighted by Crippen LogP contribution is -2.09. The average Bonchev–Trinajstić information content (AvgIpc) is 1.61. The second-order valence-corrected chi connectivity index (χ2v) is 6.10. The van der Waals surface area contributed by atoms with Crippen LogP contribution in [0.25, 0.3) is 0 Å². The van der Waals surface area contributed by atoms with E-state index >= 15 is 0 Å². The summed E-state index contributed by atoms with van der Waals surface area (Å²) in [6.07, 6.45) is 0. The molecular weight excluding hydrogens is 119 g/mol. The van der Waals surface area contributed by atoms with Gasteiger partial charge in [-0.2, -0.15) is 0 Å². The predicted octanol–water partition coefficient (Wildman–Crippen LogP) is 1.04. The fraction of sp³-hybridized carbons (Fsp3) is 1.00. The molecule has 0 heterocycles. The first-order chi connectivity index (χ1) is 3.27. The van der Waals surface area contributed by atoms with Gasteiger partial charge in [0, 0.05) is 0 Å². The van der Waals surface area contributed by atoms with Gasteiger partial charge in [0.05, 0.1) is 0 Å². The Morgan fingerprint density at radius 3 is 2.29 bits per heavy atom. The molecular formula is C4H12AlOSi. The third kappa shape index (κ3) is 6.71. The molecule has 0 aliphatic rings. The van der Waals surface area contributed by atoms with Crippen LogP contribution in [-0.4, -0.2) is 24.6 Å². The predicted molar refractivity (Wildman–Crippen MR) is 36.2 cm³/mol. The molecule has 0 unspecified atom stereocenters. The van der Waals surface area contributed by atoms with E-state index in [1.54, 1.807) is 0 Å². The van der Waals surface area contributed by atoms with Crippen molar-refractivity contribution in [3.63, 3.8) is 0 Å². The fourth-order valence-corrected chi connectivity index (χ4v) is 2.60. The van der Waals surface area contributed by atoms with Gasteiger partial charge in [-0.3, -0.25) is 0 Å². The Kier molecular flexibility index (Phi) is 5.35. The molecule has 0 spiro atoms.